The van der Waals surface area contributed by atoms with Crippen molar-refractivity contribution >= 4 is 33.3 Å². The fourth-order valence-electron chi connectivity index (χ4n) is 1.52. The molecular weight excluding hydrogens is 306 g/mol. The molecule has 20 heavy (non-hydrogen) atoms. The SMILES string of the molecule is CCCC(NS(=O)(=O)c1ccsc1C(=O)OC)C(=O)O. The van der Waals surface area contributed by atoms with E-state index < -0.39 is 28.0 Å². The highest BCUT2D eigenvalue weighted by Crippen LogP contribution is 2.23. The van der Waals surface area contributed by atoms with E-state index in [0.29, 0.717) is 6.42 Å². The van der Waals surface area contributed by atoms with Crippen molar-refractivity contribution in [3.63, 3.8) is 0 Å². The summed E-state index contributed by atoms with van der Waals surface area (Å²) >= 11 is 0.917. The number of carbonyl (C=O) groups excluding carboxylic acids is 1. The van der Waals surface area contributed by atoms with Gasteiger partial charge in [-0.25, -0.2) is 13.2 Å². The number of hydrogen-bond acceptors (Lipinski definition) is 6. The first-order chi connectivity index (χ1) is 9.33. The zero-order chi connectivity index (χ0) is 15.3. The smallest absolute Gasteiger partial charge is 0.349 e. The second kappa shape index (κ2) is 6.82. The molecule has 1 rings (SSSR count). The van der Waals surface area contributed by atoms with Crippen LogP contribution in [0.2, 0.25) is 0 Å². The first-order valence-corrected chi connectivity index (χ1v) is 8.10. The lowest BCUT2D eigenvalue weighted by molar-refractivity contribution is -0.139. The Kier molecular flexibility index (Phi) is 5.66. The van der Waals surface area contributed by atoms with Gasteiger partial charge in [-0.05, 0) is 17.9 Å². The van der Waals surface area contributed by atoms with Gasteiger partial charge in [0, 0.05) is 0 Å². The molecule has 2 N–H and O–H groups in total. The summed E-state index contributed by atoms with van der Waals surface area (Å²) in [5.74, 6) is -2.03. The lowest BCUT2D eigenvalue weighted by Crippen LogP contribution is -2.40. The number of hydrogen-bond donors (Lipinski definition) is 2. The zero-order valence-electron chi connectivity index (χ0n) is 11.0. The van der Waals surface area contributed by atoms with Gasteiger partial charge in [-0.3, -0.25) is 4.79 Å². The molecule has 1 atom stereocenters. The van der Waals surface area contributed by atoms with E-state index in [1.54, 1.807) is 6.92 Å². The molecule has 0 saturated heterocycles. The molecule has 0 aliphatic heterocycles. The van der Waals surface area contributed by atoms with Crippen LogP contribution in [0.4, 0.5) is 0 Å². The highest BCUT2D eigenvalue weighted by Gasteiger charge is 2.29. The molecule has 0 aromatic carbocycles. The van der Waals surface area contributed by atoms with Gasteiger partial charge in [-0.1, -0.05) is 13.3 Å². The molecule has 9 heteroatoms. The minimum atomic E-state index is -4.09. The molecule has 0 aliphatic carbocycles. The first-order valence-electron chi connectivity index (χ1n) is 5.74. The number of ether oxygens (including phenoxy) is 1. The summed E-state index contributed by atoms with van der Waals surface area (Å²) in [7, 11) is -2.95. The number of methoxy groups -OCH3 is 1. The molecule has 112 valence electrons. The molecule has 0 fully saturated rings. The predicted octanol–water partition coefficient (Wildman–Crippen LogP) is 1.07. The number of aliphatic carboxylic acids is 1. The van der Waals surface area contributed by atoms with Gasteiger partial charge in [0.1, 0.15) is 15.8 Å². The maximum absolute atomic E-state index is 12.1. The summed E-state index contributed by atoms with van der Waals surface area (Å²) in [6.07, 6.45) is 0.666. The molecule has 7 nitrogen and oxygen atoms in total. The fourth-order valence-corrected chi connectivity index (χ4v) is 4.08. The van der Waals surface area contributed by atoms with Gasteiger partial charge in [0.05, 0.1) is 7.11 Å². The van der Waals surface area contributed by atoms with Crippen molar-refractivity contribution in [2.45, 2.75) is 30.7 Å². The molecule has 0 amide bonds. The number of rotatable bonds is 7. The van der Waals surface area contributed by atoms with Crippen molar-refractivity contribution in [1.29, 1.82) is 0 Å². The van der Waals surface area contributed by atoms with Crippen LogP contribution in [0, 0.1) is 0 Å². The van der Waals surface area contributed by atoms with E-state index in [4.69, 9.17) is 5.11 Å². The van der Waals surface area contributed by atoms with E-state index in [1.807, 2.05) is 0 Å². The van der Waals surface area contributed by atoms with Crippen molar-refractivity contribution in [1.82, 2.24) is 4.72 Å². The van der Waals surface area contributed by atoms with E-state index in [-0.39, 0.29) is 16.2 Å². The van der Waals surface area contributed by atoms with Crippen LogP contribution in [0.3, 0.4) is 0 Å². The number of esters is 1. The predicted molar refractivity (Wildman–Crippen MR) is 72.3 cm³/mol. The van der Waals surface area contributed by atoms with Gasteiger partial charge in [-0.15, -0.1) is 11.3 Å². The molecular formula is C11H15NO6S2. The summed E-state index contributed by atoms with van der Waals surface area (Å²) < 4.78 is 30.9. The average molecular weight is 321 g/mol. The van der Waals surface area contributed by atoms with Crippen LogP contribution >= 0.6 is 11.3 Å². The topological polar surface area (TPSA) is 110 Å². The van der Waals surface area contributed by atoms with Gasteiger partial charge < -0.3 is 9.84 Å². The zero-order valence-corrected chi connectivity index (χ0v) is 12.6. The average Bonchev–Trinajstić information content (AvgIpc) is 2.87. The Bertz CT molecular complexity index is 592. The van der Waals surface area contributed by atoms with Crippen LogP contribution in [0.15, 0.2) is 16.3 Å². The van der Waals surface area contributed by atoms with Gasteiger partial charge in [0.2, 0.25) is 10.0 Å². The summed E-state index contributed by atoms with van der Waals surface area (Å²) in [6.45, 7) is 1.74. The molecule has 1 aromatic heterocycles. The number of sulfonamides is 1. The van der Waals surface area contributed by atoms with Crippen LogP contribution in [-0.4, -0.2) is 38.6 Å². The van der Waals surface area contributed by atoms with Gasteiger partial charge in [0.25, 0.3) is 0 Å². The minimum absolute atomic E-state index is 0.0827. The summed E-state index contributed by atoms with van der Waals surface area (Å²) in [4.78, 5) is 22.1. The first kappa shape index (κ1) is 16.6. The Labute approximate surface area is 120 Å². The Morgan fingerprint density at radius 1 is 1.50 bits per heavy atom. The van der Waals surface area contributed by atoms with Crippen molar-refractivity contribution < 1.29 is 27.9 Å². The van der Waals surface area contributed by atoms with Crippen LogP contribution in [0.5, 0.6) is 0 Å². The van der Waals surface area contributed by atoms with Crippen molar-refractivity contribution in [2.75, 3.05) is 7.11 Å². The van der Waals surface area contributed by atoms with Crippen LogP contribution < -0.4 is 4.72 Å². The summed E-state index contributed by atoms with van der Waals surface area (Å²) in [5, 5.41) is 10.4. The Balaban J connectivity index is 3.08. The van der Waals surface area contributed by atoms with Crippen molar-refractivity contribution in [3.05, 3.63) is 16.3 Å². The quantitative estimate of drug-likeness (QED) is 0.727. The van der Waals surface area contributed by atoms with E-state index >= 15 is 0 Å². The van der Waals surface area contributed by atoms with Crippen molar-refractivity contribution in [3.8, 4) is 0 Å². The minimum Gasteiger partial charge on any atom is -0.480 e. The lowest BCUT2D eigenvalue weighted by Gasteiger charge is -2.13. The molecule has 1 unspecified atom stereocenters. The van der Waals surface area contributed by atoms with Crippen LogP contribution in [0.1, 0.15) is 29.4 Å². The normalized spacial score (nSPS) is 12.9. The van der Waals surface area contributed by atoms with E-state index in [9.17, 15) is 18.0 Å². The highest BCUT2D eigenvalue weighted by atomic mass is 32.2. The van der Waals surface area contributed by atoms with E-state index in [0.717, 1.165) is 18.4 Å². The van der Waals surface area contributed by atoms with Gasteiger partial charge >= 0.3 is 11.9 Å². The van der Waals surface area contributed by atoms with E-state index in [2.05, 4.69) is 9.46 Å². The lowest BCUT2D eigenvalue weighted by atomic mass is 10.2. The molecule has 0 spiro atoms. The van der Waals surface area contributed by atoms with Crippen molar-refractivity contribution in [2.24, 2.45) is 0 Å². The maximum atomic E-state index is 12.1. The Hall–Kier alpha value is -1.45. The molecule has 1 heterocycles. The number of thiophene rings is 1. The van der Waals surface area contributed by atoms with Gasteiger partial charge in [-0.2, -0.15) is 4.72 Å². The fraction of sp³-hybridized carbons (Fsp3) is 0.455. The third-order valence-electron chi connectivity index (χ3n) is 2.46. The monoisotopic (exact) mass is 321 g/mol. The largest absolute Gasteiger partial charge is 0.480 e. The summed E-state index contributed by atoms with van der Waals surface area (Å²) in [5.41, 5.74) is 0. The molecule has 0 bridgehead atoms. The van der Waals surface area contributed by atoms with E-state index in [1.165, 1.54) is 11.4 Å². The second-order valence-electron chi connectivity index (χ2n) is 3.91. The number of nitrogens with one attached hydrogen (secondary N) is 1. The molecule has 0 radical (unpaired) electrons. The van der Waals surface area contributed by atoms with Gasteiger partial charge in [0.15, 0.2) is 0 Å². The Morgan fingerprint density at radius 3 is 2.65 bits per heavy atom. The second-order valence-corrected chi connectivity index (χ2v) is 6.50. The van der Waals surface area contributed by atoms with Crippen LogP contribution in [0.25, 0.3) is 0 Å². The standard InChI is InChI=1S/C11H15NO6S2/c1-3-4-7(10(13)14)12-20(16,17)8-5-6-19-9(8)11(15)18-2/h5-7,12H,3-4H2,1-2H3,(H,13,14). The third-order valence-corrected chi connectivity index (χ3v) is 5.00. The summed E-state index contributed by atoms with van der Waals surface area (Å²) in [6, 6.07) is 0.0137. The van der Waals surface area contributed by atoms with Crippen LogP contribution in [-0.2, 0) is 19.6 Å². The highest BCUT2D eigenvalue weighted by molar-refractivity contribution is 7.89. The molecule has 0 aliphatic rings. The third kappa shape index (κ3) is 3.78. The maximum Gasteiger partial charge on any atom is 0.349 e. The molecule has 1 aromatic rings. The Morgan fingerprint density at radius 2 is 2.15 bits per heavy atom. The number of carbonyl (C=O) groups is 2. The number of carboxylic acid groups (broad SMARTS) is 1. The molecule has 0 saturated carbocycles. The number of carboxylic acids is 1.